The van der Waals surface area contributed by atoms with Crippen molar-refractivity contribution in [2.45, 2.75) is 76.5 Å². The van der Waals surface area contributed by atoms with Crippen molar-refractivity contribution in [3.05, 3.63) is 107 Å². The van der Waals surface area contributed by atoms with Gasteiger partial charge in [0.05, 0.1) is 12.1 Å². The first kappa shape index (κ1) is 30.5. The number of aliphatic hydroxyl groups excluding tert-OH is 1. The maximum absolute atomic E-state index is 13.5. The van der Waals surface area contributed by atoms with E-state index in [0.717, 1.165) is 44.1 Å². The molecule has 0 unspecified atom stereocenters. The summed E-state index contributed by atoms with van der Waals surface area (Å²) in [5.41, 5.74) is 3.04. The standard InChI is InChI=1S/C35H45N3O3/c1-3-22-38(23-4-2)34(41)29-17-13-16-28(25-29)33(40)37-31(24-27-14-7-5-8-15-27)32(39)26-36-35(20-11-12-21-35)30-18-9-6-10-19-30/h5-10,13-19,25,31-32,36,39H,3-4,11-12,20-24,26H2,1-2H3,(H,37,40)/t31-,32+/m0/s1. The van der Waals surface area contributed by atoms with Crippen molar-refractivity contribution < 1.29 is 14.7 Å². The zero-order valence-electron chi connectivity index (χ0n) is 24.5. The number of amides is 2. The Morgan fingerprint density at radius 1 is 0.854 bits per heavy atom. The number of carbonyl (C=O) groups excluding carboxylic acids is 2. The van der Waals surface area contributed by atoms with Gasteiger partial charge in [0, 0.05) is 36.3 Å². The third-order valence-corrected chi connectivity index (χ3v) is 8.16. The summed E-state index contributed by atoms with van der Waals surface area (Å²) in [4.78, 5) is 28.5. The molecule has 6 nitrogen and oxygen atoms in total. The van der Waals surface area contributed by atoms with Gasteiger partial charge in [0.25, 0.3) is 11.8 Å². The highest BCUT2D eigenvalue weighted by atomic mass is 16.3. The van der Waals surface area contributed by atoms with Gasteiger partial charge in [-0.15, -0.1) is 0 Å². The molecule has 0 radical (unpaired) electrons. The number of nitrogens with zero attached hydrogens (tertiary/aromatic N) is 1. The van der Waals surface area contributed by atoms with Crippen LogP contribution in [0.5, 0.6) is 0 Å². The minimum Gasteiger partial charge on any atom is -0.390 e. The lowest BCUT2D eigenvalue weighted by atomic mass is 9.87. The van der Waals surface area contributed by atoms with Crippen LogP contribution in [0, 0.1) is 0 Å². The summed E-state index contributed by atoms with van der Waals surface area (Å²) in [6.07, 6.45) is 5.77. The van der Waals surface area contributed by atoms with Crippen molar-refractivity contribution in [1.29, 1.82) is 0 Å². The van der Waals surface area contributed by atoms with Crippen LogP contribution in [0.3, 0.4) is 0 Å². The van der Waals surface area contributed by atoms with Crippen molar-refractivity contribution in [1.82, 2.24) is 15.5 Å². The van der Waals surface area contributed by atoms with Crippen LogP contribution >= 0.6 is 0 Å². The third kappa shape index (κ3) is 8.05. The van der Waals surface area contributed by atoms with Crippen LogP contribution in [0.25, 0.3) is 0 Å². The first-order chi connectivity index (χ1) is 20.0. The molecule has 0 aliphatic heterocycles. The quantitative estimate of drug-likeness (QED) is 0.238. The Labute approximate surface area is 245 Å². The van der Waals surface area contributed by atoms with Crippen molar-refractivity contribution in [3.63, 3.8) is 0 Å². The van der Waals surface area contributed by atoms with E-state index in [9.17, 15) is 14.7 Å². The SMILES string of the molecule is CCCN(CCC)C(=O)c1cccc(C(=O)N[C@@H](Cc2ccccc2)[C@H](O)CNC2(c3ccccc3)CCCC2)c1. The molecule has 0 bridgehead atoms. The van der Waals surface area contributed by atoms with Crippen molar-refractivity contribution in [3.8, 4) is 0 Å². The van der Waals surface area contributed by atoms with Crippen LogP contribution in [0.2, 0.25) is 0 Å². The fourth-order valence-electron chi connectivity index (χ4n) is 5.98. The minimum atomic E-state index is -0.810. The minimum absolute atomic E-state index is 0.0591. The zero-order chi connectivity index (χ0) is 29.1. The number of aliphatic hydroxyl groups is 1. The normalized spacial score (nSPS) is 15.7. The van der Waals surface area contributed by atoms with E-state index in [1.54, 1.807) is 24.3 Å². The Morgan fingerprint density at radius 2 is 1.46 bits per heavy atom. The van der Waals surface area contributed by atoms with Gasteiger partial charge >= 0.3 is 0 Å². The van der Waals surface area contributed by atoms with E-state index in [2.05, 4.69) is 48.7 Å². The Kier molecular flexibility index (Phi) is 11.1. The number of carbonyl (C=O) groups is 2. The van der Waals surface area contributed by atoms with E-state index < -0.39 is 12.1 Å². The summed E-state index contributed by atoms with van der Waals surface area (Å²) in [7, 11) is 0. The van der Waals surface area contributed by atoms with E-state index >= 15 is 0 Å². The molecule has 4 rings (SSSR count). The molecule has 1 fully saturated rings. The molecule has 218 valence electrons. The van der Waals surface area contributed by atoms with E-state index in [1.165, 1.54) is 5.56 Å². The van der Waals surface area contributed by atoms with Gasteiger partial charge < -0.3 is 20.6 Å². The summed E-state index contributed by atoms with van der Waals surface area (Å²) in [6, 6.07) is 26.8. The molecule has 0 aromatic heterocycles. The van der Waals surface area contributed by atoms with Crippen molar-refractivity contribution >= 4 is 11.8 Å². The molecule has 2 amide bonds. The monoisotopic (exact) mass is 555 g/mol. The Morgan fingerprint density at radius 3 is 2.10 bits per heavy atom. The molecule has 0 heterocycles. The van der Waals surface area contributed by atoms with Gasteiger partial charge in [-0.1, -0.05) is 93.4 Å². The van der Waals surface area contributed by atoms with Crippen LogP contribution in [0.1, 0.15) is 84.2 Å². The molecular weight excluding hydrogens is 510 g/mol. The second kappa shape index (κ2) is 14.9. The second-order valence-electron chi connectivity index (χ2n) is 11.2. The molecule has 6 heteroatoms. The lowest BCUT2D eigenvalue weighted by Crippen LogP contribution is -2.52. The topological polar surface area (TPSA) is 81.7 Å². The molecule has 41 heavy (non-hydrogen) atoms. The van der Waals surface area contributed by atoms with Crippen LogP contribution in [0.15, 0.2) is 84.9 Å². The van der Waals surface area contributed by atoms with Gasteiger partial charge in [-0.25, -0.2) is 0 Å². The van der Waals surface area contributed by atoms with E-state index in [1.807, 2.05) is 41.3 Å². The van der Waals surface area contributed by atoms with Crippen LogP contribution in [0.4, 0.5) is 0 Å². The van der Waals surface area contributed by atoms with Gasteiger partial charge in [-0.3, -0.25) is 9.59 Å². The molecule has 3 N–H and O–H groups in total. The van der Waals surface area contributed by atoms with Crippen LogP contribution in [-0.2, 0) is 12.0 Å². The fourth-order valence-corrected chi connectivity index (χ4v) is 5.98. The Bertz CT molecular complexity index is 1240. The average molecular weight is 556 g/mol. The largest absolute Gasteiger partial charge is 0.390 e. The van der Waals surface area contributed by atoms with Gasteiger partial charge in [0.1, 0.15) is 0 Å². The maximum Gasteiger partial charge on any atom is 0.253 e. The summed E-state index contributed by atoms with van der Waals surface area (Å²) in [5, 5.41) is 18.3. The molecule has 3 aromatic carbocycles. The molecule has 0 saturated heterocycles. The third-order valence-electron chi connectivity index (χ3n) is 8.16. The molecule has 3 aromatic rings. The lowest BCUT2D eigenvalue weighted by molar-refractivity contribution is 0.0755. The van der Waals surface area contributed by atoms with Gasteiger partial charge in [-0.2, -0.15) is 0 Å². The predicted octanol–water partition coefficient (Wildman–Crippen LogP) is 5.71. The molecular formula is C35H45N3O3. The van der Waals surface area contributed by atoms with Crippen molar-refractivity contribution in [2.75, 3.05) is 19.6 Å². The zero-order valence-corrected chi connectivity index (χ0v) is 24.5. The molecule has 1 aliphatic carbocycles. The smallest absolute Gasteiger partial charge is 0.253 e. The highest BCUT2D eigenvalue weighted by molar-refractivity contribution is 5.99. The molecule has 0 spiro atoms. The first-order valence-electron chi connectivity index (χ1n) is 15.2. The summed E-state index contributed by atoms with van der Waals surface area (Å²) in [6.45, 7) is 5.84. The van der Waals surface area contributed by atoms with Gasteiger partial charge in [0.15, 0.2) is 0 Å². The van der Waals surface area contributed by atoms with E-state index in [4.69, 9.17) is 0 Å². The number of rotatable bonds is 14. The number of hydrogen-bond acceptors (Lipinski definition) is 4. The first-order valence-corrected chi connectivity index (χ1v) is 15.2. The van der Waals surface area contributed by atoms with E-state index in [0.29, 0.717) is 37.2 Å². The van der Waals surface area contributed by atoms with Gasteiger partial charge in [0.2, 0.25) is 0 Å². The maximum atomic E-state index is 13.5. The van der Waals surface area contributed by atoms with Crippen LogP contribution < -0.4 is 10.6 Å². The molecule has 1 saturated carbocycles. The number of benzene rings is 3. The Hall–Kier alpha value is -3.48. The summed E-state index contributed by atoms with van der Waals surface area (Å²) < 4.78 is 0. The molecule has 1 aliphatic rings. The second-order valence-corrected chi connectivity index (χ2v) is 11.2. The summed E-state index contributed by atoms with van der Waals surface area (Å²) >= 11 is 0. The summed E-state index contributed by atoms with van der Waals surface area (Å²) in [5.74, 6) is -0.355. The van der Waals surface area contributed by atoms with Gasteiger partial charge in [-0.05, 0) is 61.4 Å². The number of nitrogens with one attached hydrogen (secondary N) is 2. The highest BCUT2D eigenvalue weighted by Gasteiger charge is 2.36. The number of hydrogen-bond donors (Lipinski definition) is 3. The van der Waals surface area contributed by atoms with Crippen LogP contribution in [-0.4, -0.2) is 53.6 Å². The fraction of sp³-hybridized carbons (Fsp3) is 0.429. The highest BCUT2D eigenvalue weighted by Crippen LogP contribution is 2.38. The average Bonchev–Trinajstić information content (AvgIpc) is 3.50. The Balaban J connectivity index is 1.50. The lowest BCUT2D eigenvalue weighted by Gasteiger charge is -2.34. The van der Waals surface area contributed by atoms with Crippen molar-refractivity contribution in [2.24, 2.45) is 0 Å². The molecule has 2 atom stereocenters. The predicted molar refractivity (Wildman–Crippen MR) is 165 cm³/mol. The van der Waals surface area contributed by atoms with E-state index in [-0.39, 0.29) is 17.4 Å².